The summed E-state index contributed by atoms with van der Waals surface area (Å²) in [5.74, 6) is 2.13. The Morgan fingerprint density at radius 3 is 3.00 bits per heavy atom. The number of carbonyl (C=O) groups excluding carboxylic acids is 1. The molecule has 142 valence electrons. The first-order valence-corrected chi connectivity index (χ1v) is 9.26. The minimum absolute atomic E-state index is 0.245. The van der Waals surface area contributed by atoms with Gasteiger partial charge in [0.2, 0.25) is 5.91 Å². The molecule has 8 heteroatoms. The number of hydrogen-bond donors (Lipinski definition) is 2. The third-order valence-electron chi connectivity index (χ3n) is 4.63. The highest BCUT2D eigenvalue weighted by atomic mass is 35.5. The summed E-state index contributed by atoms with van der Waals surface area (Å²) in [5.41, 5.74) is 6.34. The van der Waals surface area contributed by atoms with Crippen LogP contribution in [-0.4, -0.2) is 50.1 Å². The number of fused-ring (bicyclic) bond motifs is 1. The first kappa shape index (κ1) is 18.6. The number of guanidine groups is 1. The van der Waals surface area contributed by atoms with Crippen molar-refractivity contribution in [3.05, 3.63) is 22.7 Å². The monoisotopic (exact) mass is 380 g/mol. The number of hydrogen-bond acceptors (Lipinski definition) is 4. The van der Waals surface area contributed by atoms with Crippen LogP contribution in [0.15, 0.2) is 17.1 Å². The fourth-order valence-corrected chi connectivity index (χ4v) is 3.78. The lowest BCUT2D eigenvalue weighted by Crippen LogP contribution is -2.46. The number of benzene rings is 1. The van der Waals surface area contributed by atoms with E-state index in [1.54, 1.807) is 7.05 Å². The third kappa shape index (κ3) is 4.52. The van der Waals surface area contributed by atoms with Crippen LogP contribution in [0.25, 0.3) is 0 Å². The number of ether oxygens (including phenoxy) is 2. The van der Waals surface area contributed by atoms with Crippen LogP contribution in [0.4, 0.5) is 0 Å². The van der Waals surface area contributed by atoms with E-state index in [4.69, 9.17) is 26.8 Å². The van der Waals surface area contributed by atoms with Gasteiger partial charge in [-0.15, -0.1) is 0 Å². The lowest BCUT2D eigenvalue weighted by atomic mass is 9.95. The molecule has 2 aliphatic heterocycles. The molecule has 1 fully saturated rings. The largest absolute Gasteiger partial charge is 0.486 e. The highest BCUT2D eigenvalue weighted by molar-refractivity contribution is 6.32. The standard InChI is InChI=1S/C18H25ClN4O3/c1-21-18(23-4-2-3-12(11-23)9-16(20)24)22-10-13-7-14(19)17-15(8-13)25-5-6-26-17/h7-8,12H,2-6,9-11H2,1H3,(H2,20,24)(H,21,22). The van der Waals surface area contributed by atoms with Crippen LogP contribution < -0.4 is 20.5 Å². The van der Waals surface area contributed by atoms with Gasteiger partial charge >= 0.3 is 0 Å². The second-order valence-electron chi connectivity index (χ2n) is 6.63. The van der Waals surface area contributed by atoms with Crippen molar-refractivity contribution < 1.29 is 14.3 Å². The molecule has 1 atom stereocenters. The Hall–Kier alpha value is -2.15. The third-order valence-corrected chi connectivity index (χ3v) is 4.91. The van der Waals surface area contributed by atoms with Gasteiger partial charge in [0, 0.05) is 33.1 Å². The smallest absolute Gasteiger partial charge is 0.217 e. The predicted molar refractivity (Wildman–Crippen MR) is 101 cm³/mol. The Labute approximate surface area is 158 Å². The molecule has 1 aromatic rings. The van der Waals surface area contributed by atoms with E-state index in [-0.39, 0.29) is 11.8 Å². The number of rotatable bonds is 4. The van der Waals surface area contributed by atoms with E-state index in [2.05, 4.69) is 15.2 Å². The van der Waals surface area contributed by atoms with E-state index in [0.717, 1.165) is 37.5 Å². The lowest BCUT2D eigenvalue weighted by Gasteiger charge is -2.34. The van der Waals surface area contributed by atoms with Gasteiger partial charge in [0.1, 0.15) is 13.2 Å². The Morgan fingerprint density at radius 2 is 2.23 bits per heavy atom. The van der Waals surface area contributed by atoms with Crippen LogP contribution in [0.3, 0.4) is 0 Å². The van der Waals surface area contributed by atoms with Crippen LogP contribution in [0.5, 0.6) is 11.5 Å². The average Bonchev–Trinajstić information content (AvgIpc) is 2.62. The summed E-state index contributed by atoms with van der Waals surface area (Å²) < 4.78 is 11.2. The van der Waals surface area contributed by atoms with E-state index in [1.807, 2.05) is 12.1 Å². The fraction of sp³-hybridized carbons (Fsp3) is 0.556. The molecular weight excluding hydrogens is 356 g/mol. The second-order valence-corrected chi connectivity index (χ2v) is 7.03. The zero-order chi connectivity index (χ0) is 18.5. The number of nitrogens with two attached hydrogens (primary N) is 1. The summed E-state index contributed by atoms with van der Waals surface area (Å²) in [6, 6.07) is 3.81. The first-order chi connectivity index (χ1) is 12.6. The van der Waals surface area contributed by atoms with Crippen LogP contribution in [0.1, 0.15) is 24.8 Å². The number of piperidine rings is 1. The molecule has 1 amide bonds. The molecule has 0 radical (unpaired) electrons. The Bertz CT molecular complexity index is 695. The first-order valence-electron chi connectivity index (χ1n) is 8.88. The quantitative estimate of drug-likeness (QED) is 0.614. The summed E-state index contributed by atoms with van der Waals surface area (Å²) in [5, 5.41) is 3.92. The van der Waals surface area contributed by atoms with E-state index < -0.39 is 0 Å². The van der Waals surface area contributed by atoms with Gasteiger partial charge in [0.25, 0.3) is 0 Å². The summed E-state index contributed by atoms with van der Waals surface area (Å²) in [6.07, 6.45) is 2.47. The summed E-state index contributed by atoms with van der Waals surface area (Å²) in [7, 11) is 1.76. The van der Waals surface area contributed by atoms with Gasteiger partial charge in [-0.2, -0.15) is 0 Å². The van der Waals surface area contributed by atoms with Crippen molar-refractivity contribution in [2.75, 3.05) is 33.4 Å². The van der Waals surface area contributed by atoms with E-state index in [1.165, 1.54) is 0 Å². The van der Waals surface area contributed by atoms with Crippen LogP contribution in [-0.2, 0) is 11.3 Å². The number of likely N-dealkylation sites (tertiary alicyclic amines) is 1. The molecule has 1 saturated heterocycles. The Kier molecular flexibility index (Phi) is 6.08. The molecule has 0 bridgehead atoms. The van der Waals surface area contributed by atoms with Gasteiger partial charge in [-0.1, -0.05) is 11.6 Å². The van der Waals surface area contributed by atoms with Gasteiger partial charge in [-0.05, 0) is 36.5 Å². The maximum absolute atomic E-state index is 11.2. The van der Waals surface area contributed by atoms with E-state index in [9.17, 15) is 4.79 Å². The molecule has 0 saturated carbocycles. The molecular formula is C18H25ClN4O3. The minimum atomic E-state index is -0.245. The maximum Gasteiger partial charge on any atom is 0.217 e. The van der Waals surface area contributed by atoms with Crippen molar-refractivity contribution in [2.24, 2.45) is 16.6 Å². The van der Waals surface area contributed by atoms with Gasteiger partial charge in [0.15, 0.2) is 17.5 Å². The van der Waals surface area contributed by atoms with Crippen LogP contribution >= 0.6 is 11.6 Å². The molecule has 2 aliphatic rings. The number of amides is 1. The van der Waals surface area contributed by atoms with Gasteiger partial charge < -0.3 is 25.4 Å². The molecule has 0 spiro atoms. The van der Waals surface area contributed by atoms with Crippen molar-refractivity contribution in [1.29, 1.82) is 0 Å². The molecule has 0 aliphatic carbocycles. The minimum Gasteiger partial charge on any atom is -0.486 e. The molecule has 7 nitrogen and oxygen atoms in total. The lowest BCUT2D eigenvalue weighted by molar-refractivity contribution is -0.119. The second kappa shape index (κ2) is 8.49. The zero-order valence-electron chi connectivity index (χ0n) is 15.0. The molecule has 1 aromatic carbocycles. The summed E-state index contributed by atoms with van der Waals surface area (Å²) in [4.78, 5) is 17.8. The molecule has 1 unspecified atom stereocenters. The SMILES string of the molecule is CN=C(NCc1cc(Cl)c2c(c1)OCCO2)N1CCCC(CC(N)=O)C1. The van der Waals surface area contributed by atoms with E-state index in [0.29, 0.717) is 42.7 Å². The molecule has 3 rings (SSSR count). The van der Waals surface area contributed by atoms with Crippen LogP contribution in [0.2, 0.25) is 5.02 Å². The molecule has 26 heavy (non-hydrogen) atoms. The fourth-order valence-electron chi connectivity index (χ4n) is 3.49. The van der Waals surface area contributed by atoms with Gasteiger partial charge in [0.05, 0.1) is 5.02 Å². The predicted octanol–water partition coefficient (Wildman–Crippen LogP) is 1.77. The number of primary amides is 1. The molecule has 2 heterocycles. The normalized spacial score (nSPS) is 20.0. The zero-order valence-corrected chi connectivity index (χ0v) is 15.7. The summed E-state index contributed by atoms with van der Waals surface area (Å²) in [6.45, 7) is 3.30. The molecule has 0 aromatic heterocycles. The Morgan fingerprint density at radius 1 is 1.42 bits per heavy atom. The van der Waals surface area contributed by atoms with Crippen molar-refractivity contribution in [2.45, 2.75) is 25.8 Å². The van der Waals surface area contributed by atoms with Crippen LogP contribution in [0, 0.1) is 5.92 Å². The number of halogens is 1. The molecule has 3 N–H and O–H groups in total. The number of nitrogens with zero attached hydrogens (tertiary/aromatic N) is 2. The number of carbonyl (C=O) groups is 1. The van der Waals surface area contributed by atoms with E-state index >= 15 is 0 Å². The van der Waals surface area contributed by atoms with Gasteiger partial charge in [-0.25, -0.2) is 0 Å². The topological polar surface area (TPSA) is 89.2 Å². The van der Waals surface area contributed by atoms with Crippen molar-refractivity contribution >= 4 is 23.5 Å². The van der Waals surface area contributed by atoms with Crippen molar-refractivity contribution in [3.8, 4) is 11.5 Å². The number of nitrogens with one attached hydrogen (secondary N) is 1. The average molecular weight is 381 g/mol. The van der Waals surface area contributed by atoms with Crippen molar-refractivity contribution in [1.82, 2.24) is 10.2 Å². The Balaban J connectivity index is 1.62. The highest BCUT2D eigenvalue weighted by Crippen LogP contribution is 2.38. The highest BCUT2D eigenvalue weighted by Gasteiger charge is 2.24. The maximum atomic E-state index is 11.2. The van der Waals surface area contributed by atoms with Gasteiger partial charge in [-0.3, -0.25) is 9.79 Å². The number of aliphatic imine (C=N–C) groups is 1. The summed E-state index contributed by atoms with van der Waals surface area (Å²) >= 11 is 6.30. The van der Waals surface area contributed by atoms with Crippen molar-refractivity contribution in [3.63, 3.8) is 0 Å².